The molecule has 5 aliphatic rings. The van der Waals surface area contributed by atoms with Crippen LogP contribution in [-0.2, 0) is 23.8 Å². The van der Waals surface area contributed by atoms with Gasteiger partial charge in [0.2, 0.25) is 5.43 Å². The molecule has 2 fully saturated rings. The number of ether oxygens (including phenoxy) is 5. The molecule has 22 heteroatoms. The van der Waals surface area contributed by atoms with Crippen molar-refractivity contribution >= 4 is 62.9 Å². The smallest absolute Gasteiger partial charge is 0.341 e. The number of anilines is 2. The summed E-state index contributed by atoms with van der Waals surface area (Å²) in [6, 6.07) is 0.468. The number of aromatic hydroxyl groups is 3. The first-order valence-corrected chi connectivity index (χ1v) is 27.5. The molecule has 21 nitrogen and oxygen atoms in total. The molecule has 5 bridgehead atoms. The molecular weight excluding hydrogens is 1070 g/mol. The van der Waals surface area contributed by atoms with E-state index in [1.165, 1.54) is 66.5 Å². The summed E-state index contributed by atoms with van der Waals surface area (Å²) in [6.07, 6.45) is 7.46. The number of methoxy groups -OCH3 is 2. The lowest BCUT2D eigenvalue weighted by molar-refractivity contribution is -0.160. The molecule has 9 rings (SSSR count). The van der Waals surface area contributed by atoms with Gasteiger partial charge in [-0.05, 0) is 51.2 Å². The first-order chi connectivity index (χ1) is 38.7. The Labute approximate surface area is 473 Å². The van der Waals surface area contributed by atoms with Gasteiger partial charge in [0.25, 0.3) is 11.7 Å². The Morgan fingerprint density at radius 3 is 2.29 bits per heavy atom. The highest BCUT2D eigenvalue weighted by molar-refractivity contribution is 6.24. The molecule has 4 aliphatic heterocycles. The number of phenolic OH excluding ortho intramolecular Hbond substituents is 3. The van der Waals surface area contributed by atoms with Gasteiger partial charge in [-0.15, -0.1) is 0 Å². The molecule has 442 valence electrons. The van der Waals surface area contributed by atoms with E-state index >= 15 is 4.39 Å². The SMILES string of the molecule is COc1c(N2CCC(N(CC(C)C)/N=C/c3c4c(O)c5c(O)c(C)c6c(c5c3O)C(=O)[C@@](C)(O/C=C/[C@H](OC)[C@@H](C)[C@@H](OC(C)=O)[C@H](C)[C@H](O)[C@H](C)[C@@H](O)[C@@H](C)/C=C/C=C(/C)C(=O)N4)O6)C2)c(F)cc2c(=O)c(C(=O)O)cn(C3CC3)c12. The molecule has 1 saturated carbocycles. The van der Waals surface area contributed by atoms with Crippen LogP contribution in [0.15, 0.2) is 58.3 Å². The minimum absolute atomic E-state index is 0.0211. The van der Waals surface area contributed by atoms with Gasteiger partial charge in [-0.25, -0.2) is 9.18 Å². The number of fused-ring (bicyclic) bond motifs is 15. The predicted molar refractivity (Wildman–Crippen MR) is 304 cm³/mol. The average molecular weight is 1140 g/mol. The van der Waals surface area contributed by atoms with E-state index in [0.717, 1.165) is 25.2 Å². The van der Waals surface area contributed by atoms with Crippen molar-refractivity contribution < 1.29 is 77.9 Å². The van der Waals surface area contributed by atoms with E-state index in [1.807, 2.05) is 13.8 Å². The Morgan fingerprint density at radius 1 is 0.976 bits per heavy atom. The Morgan fingerprint density at radius 2 is 1.67 bits per heavy atom. The molecule has 1 aromatic heterocycles. The van der Waals surface area contributed by atoms with Gasteiger partial charge in [0.1, 0.15) is 34.6 Å². The number of aromatic nitrogens is 1. The van der Waals surface area contributed by atoms with Gasteiger partial charge >= 0.3 is 17.7 Å². The zero-order valence-electron chi connectivity index (χ0n) is 48.1. The van der Waals surface area contributed by atoms with E-state index in [2.05, 4.69) is 5.32 Å². The summed E-state index contributed by atoms with van der Waals surface area (Å²) >= 11 is 0. The number of carboxylic acids is 1. The Hall–Kier alpha value is -7.69. The fourth-order valence-electron chi connectivity index (χ4n) is 11.6. The van der Waals surface area contributed by atoms with Gasteiger partial charge in [0.05, 0.1) is 77.0 Å². The van der Waals surface area contributed by atoms with Crippen molar-refractivity contribution in [3.63, 3.8) is 0 Å². The van der Waals surface area contributed by atoms with Crippen LogP contribution in [0, 0.1) is 42.3 Å². The third kappa shape index (κ3) is 11.2. The van der Waals surface area contributed by atoms with Crippen molar-refractivity contribution in [2.24, 2.45) is 34.7 Å². The number of nitrogens with zero attached hydrogens (tertiary/aromatic N) is 4. The van der Waals surface area contributed by atoms with Crippen molar-refractivity contribution in [2.75, 3.05) is 44.1 Å². The summed E-state index contributed by atoms with van der Waals surface area (Å²) < 4.78 is 48.0. The second kappa shape index (κ2) is 23.7. The lowest BCUT2D eigenvalue weighted by atomic mass is 9.78. The van der Waals surface area contributed by atoms with E-state index in [9.17, 15) is 54.6 Å². The minimum Gasteiger partial charge on any atom is -0.507 e. The zero-order chi connectivity index (χ0) is 60.1. The third-order valence-corrected chi connectivity index (χ3v) is 16.4. The van der Waals surface area contributed by atoms with Crippen molar-refractivity contribution in [1.29, 1.82) is 0 Å². The van der Waals surface area contributed by atoms with Crippen LogP contribution in [0.25, 0.3) is 21.7 Å². The number of aromatic carboxylic acids is 1. The van der Waals surface area contributed by atoms with E-state index in [4.69, 9.17) is 28.8 Å². The van der Waals surface area contributed by atoms with Gasteiger partial charge in [-0.2, -0.15) is 5.10 Å². The first kappa shape index (κ1) is 60.4. The maximum absolute atomic E-state index is 16.6. The number of rotatable bonds is 11. The number of benzene rings is 3. The van der Waals surface area contributed by atoms with Gasteiger partial charge in [0.15, 0.2) is 17.3 Å². The molecule has 5 heterocycles. The minimum atomic E-state index is -2.16. The molecule has 0 radical (unpaired) electrons. The van der Waals surface area contributed by atoms with Gasteiger partial charge in [-0.3, -0.25) is 24.2 Å². The number of ketones is 1. The van der Waals surface area contributed by atoms with Crippen LogP contribution >= 0.6 is 0 Å². The van der Waals surface area contributed by atoms with E-state index in [-0.39, 0.29) is 80.8 Å². The highest BCUT2D eigenvalue weighted by atomic mass is 19.1. The summed E-state index contributed by atoms with van der Waals surface area (Å²) in [7, 11) is 2.77. The van der Waals surface area contributed by atoms with Crippen molar-refractivity contribution in [2.45, 2.75) is 131 Å². The van der Waals surface area contributed by atoms with Crippen molar-refractivity contribution in [1.82, 2.24) is 9.58 Å². The number of esters is 1. The lowest BCUT2D eigenvalue weighted by Gasteiger charge is -2.38. The summed E-state index contributed by atoms with van der Waals surface area (Å²) in [4.78, 5) is 69.0. The lowest BCUT2D eigenvalue weighted by Crippen LogP contribution is -2.46. The number of amides is 1. The second-order valence-corrected chi connectivity index (χ2v) is 22.7. The molecule has 10 atom stereocenters. The molecular formula is C60H74FN5O16. The standard InChI is InChI=1S/C60H74FN5O16/c1-27(2)24-66(36-18-20-64(25-36)47-40(61)22-37-46(56(47)79-12)65(35-16-17-35)26-39(51(37)71)59(76)77)62-23-38-45-53(73)43-42(52(38)72)44-55(33(8)50(43)70)82-60(10,57(44)74)80-21-19-41(78-11)30(5)54(81-34(9)67)32(7)49(69)31(6)48(68)28(3)14-13-15-29(4)58(75)63-45/h13-15,19,21-23,26-28,30-32,35-36,41,48-49,54,68-70,72-73H,16-18,20,24-25H2,1-12H3,(H,63,75)(H,76,77)/b14-13+,21-19+,29-15-,62-23+/t28-,30+,31+,32+,36?,41-,48-,49+,54+,60-/m0/s1. The number of nitrogens with one attached hydrogen (secondary N) is 1. The Balaban J connectivity index is 1.24. The highest BCUT2D eigenvalue weighted by Gasteiger charge is 2.50. The molecule has 1 unspecified atom stereocenters. The van der Waals surface area contributed by atoms with Crippen LogP contribution in [0.4, 0.5) is 15.8 Å². The van der Waals surface area contributed by atoms with Crippen molar-refractivity contribution in [3.8, 4) is 28.7 Å². The number of hydrogen-bond donors (Lipinski definition) is 7. The second-order valence-electron chi connectivity index (χ2n) is 22.7. The number of carbonyl (C=O) groups is 4. The van der Waals surface area contributed by atoms with Crippen LogP contribution < -0.4 is 25.1 Å². The number of hydrazone groups is 1. The van der Waals surface area contributed by atoms with Gasteiger partial charge in [0, 0.05) is 93.0 Å². The molecule has 82 heavy (non-hydrogen) atoms. The van der Waals surface area contributed by atoms with Crippen LogP contribution in [0.1, 0.15) is 119 Å². The summed E-state index contributed by atoms with van der Waals surface area (Å²) in [6.45, 7) is 16.9. The molecule has 1 amide bonds. The van der Waals surface area contributed by atoms with Gasteiger partial charge in [-0.1, -0.05) is 59.8 Å². The topological polar surface area (TPSA) is 289 Å². The maximum Gasteiger partial charge on any atom is 0.341 e. The van der Waals surface area contributed by atoms with E-state index in [0.29, 0.717) is 13.0 Å². The number of allylic oxidation sites excluding steroid dienone is 2. The third-order valence-electron chi connectivity index (χ3n) is 16.4. The number of hydrogen-bond acceptors (Lipinski definition) is 18. The number of Topliss-reactive ketones (excluding diaryl/α,β-unsaturated/α-hetero) is 1. The highest BCUT2D eigenvalue weighted by Crippen LogP contribution is 2.55. The largest absolute Gasteiger partial charge is 0.507 e. The number of carboxylic acid groups (broad SMARTS) is 1. The summed E-state index contributed by atoms with van der Waals surface area (Å²) in [5.74, 6) is -11.6. The first-order valence-electron chi connectivity index (χ1n) is 27.5. The van der Waals surface area contributed by atoms with E-state index < -0.39 is 129 Å². The Kier molecular flexibility index (Phi) is 17.4. The number of carbonyl (C=O) groups excluding carboxylic acids is 3. The van der Waals surface area contributed by atoms with Gasteiger partial charge < -0.3 is 69.1 Å². The van der Waals surface area contributed by atoms with Crippen molar-refractivity contribution in [3.05, 3.63) is 86.7 Å². The maximum atomic E-state index is 16.6. The summed E-state index contributed by atoms with van der Waals surface area (Å²) in [5.41, 5.74) is -1.89. The van der Waals surface area contributed by atoms with Crippen LogP contribution in [0.3, 0.4) is 0 Å². The number of aliphatic hydroxyl groups is 2. The molecule has 7 N–H and O–H groups in total. The number of pyridine rings is 1. The zero-order valence-corrected chi connectivity index (χ0v) is 48.1. The molecule has 4 aromatic rings. The fourth-order valence-corrected chi connectivity index (χ4v) is 11.6. The van der Waals surface area contributed by atoms with Crippen LogP contribution in [0.5, 0.6) is 28.7 Å². The Bertz CT molecular complexity index is 3400. The quantitative estimate of drug-likeness (QED) is 0.0248. The summed E-state index contributed by atoms with van der Waals surface area (Å²) in [5, 5.41) is 78.4. The normalized spacial score (nSPS) is 27.8. The predicted octanol–water partition coefficient (Wildman–Crippen LogP) is 7.82. The number of aliphatic hydroxyl groups excluding tert-OH is 2. The number of halogens is 1. The fraction of sp³-hybridized carbons (Fsp3) is 0.500. The molecule has 0 spiro atoms. The van der Waals surface area contributed by atoms with Crippen LogP contribution in [0.2, 0.25) is 0 Å². The van der Waals surface area contributed by atoms with Crippen LogP contribution in [-0.4, -0.2) is 140 Å². The molecule has 3 aromatic carbocycles. The molecule has 1 saturated heterocycles. The number of phenols is 3. The van der Waals surface area contributed by atoms with E-state index in [1.54, 1.807) is 54.3 Å². The molecule has 1 aliphatic carbocycles. The monoisotopic (exact) mass is 1140 g/mol. The average Bonchev–Trinajstić information content (AvgIpc) is 4.07.